The van der Waals surface area contributed by atoms with E-state index in [0.29, 0.717) is 45.8 Å². The summed E-state index contributed by atoms with van der Waals surface area (Å²) in [4.78, 5) is 12.2. The summed E-state index contributed by atoms with van der Waals surface area (Å²) in [5, 5.41) is 3.43. The molecule has 0 aromatic rings. The van der Waals surface area contributed by atoms with Gasteiger partial charge in [-0.05, 0) is 25.9 Å². The standard InChI is InChI=1S/C26H67N13/c27-3-10-34-11-20-35(21-24-37(14-4-28)15-5-29)12-1-2-13-36(22-25-38(16-6-30)17-7-31)23-26-39(18-8-32)19-9-33/h34H,1-33H2. The molecule has 13 heteroatoms. The average Bonchev–Trinajstić information content (AvgIpc) is 2.92. The molecule has 0 bridgehead atoms. The Morgan fingerprint density at radius 1 is 0.282 bits per heavy atom. The fourth-order valence-corrected chi connectivity index (χ4v) is 4.76. The van der Waals surface area contributed by atoms with Crippen molar-refractivity contribution < 1.29 is 0 Å². The molecular weight excluding hydrogens is 494 g/mol. The molecule has 0 aliphatic carbocycles. The van der Waals surface area contributed by atoms with E-state index < -0.39 is 0 Å². The van der Waals surface area contributed by atoms with Gasteiger partial charge in [-0.25, -0.2) is 0 Å². The molecule has 0 aliphatic rings. The van der Waals surface area contributed by atoms with Crippen molar-refractivity contribution in [3.05, 3.63) is 0 Å². The summed E-state index contributed by atoms with van der Waals surface area (Å²) in [7, 11) is 0. The molecule has 236 valence electrons. The minimum Gasteiger partial charge on any atom is -0.329 e. The first kappa shape index (κ1) is 38.5. The highest BCUT2D eigenvalue weighted by Gasteiger charge is 2.13. The van der Waals surface area contributed by atoms with Crippen molar-refractivity contribution >= 4 is 0 Å². The van der Waals surface area contributed by atoms with Gasteiger partial charge < -0.3 is 55.3 Å². The summed E-state index contributed by atoms with van der Waals surface area (Å²) in [6.07, 6.45) is 2.31. The van der Waals surface area contributed by atoms with Gasteiger partial charge in [-0.1, -0.05) is 0 Å². The quantitative estimate of drug-likeness (QED) is 0.0376. The number of hydrogen-bond donors (Lipinski definition) is 8. The second-order valence-electron chi connectivity index (χ2n) is 10.2. The summed E-state index contributed by atoms with van der Waals surface area (Å²) in [6, 6.07) is 0. The van der Waals surface area contributed by atoms with E-state index in [1.54, 1.807) is 0 Å². The number of hydrogen-bond acceptors (Lipinski definition) is 13. The van der Waals surface area contributed by atoms with Crippen molar-refractivity contribution in [1.82, 2.24) is 29.8 Å². The Morgan fingerprint density at radius 3 is 0.846 bits per heavy atom. The smallest absolute Gasteiger partial charge is 0.0110 e. The largest absolute Gasteiger partial charge is 0.329 e. The number of nitrogens with zero attached hydrogens (tertiary/aromatic N) is 5. The van der Waals surface area contributed by atoms with E-state index in [2.05, 4.69) is 29.8 Å². The van der Waals surface area contributed by atoms with Crippen LogP contribution in [0.1, 0.15) is 12.8 Å². The number of rotatable bonds is 31. The van der Waals surface area contributed by atoms with E-state index in [4.69, 9.17) is 40.1 Å². The van der Waals surface area contributed by atoms with E-state index in [1.807, 2.05) is 0 Å². The van der Waals surface area contributed by atoms with E-state index in [0.717, 1.165) is 124 Å². The highest BCUT2D eigenvalue weighted by molar-refractivity contribution is 4.70. The highest BCUT2D eigenvalue weighted by atomic mass is 15.2. The maximum Gasteiger partial charge on any atom is 0.0110 e. The van der Waals surface area contributed by atoms with E-state index >= 15 is 0 Å². The molecular formula is C26H67N13. The van der Waals surface area contributed by atoms with Crippen LogP contribution in [0.2, 0.25) is 0 Å². The Bertz CT molecular complexity index is 451. The Morgan fingerprint density at radius 2 is 0.564 bits per heavy atom. The van der Waals surface area contributed by atoms with Crippen molar-refractivity contribution in [3.8, 4) is 0 Å². The van der Waals surface area contributed by atoms with Gasteiger partial charge in [0, 0.05) is 144 Å². The normalized spacial score (nSPS) is 12.3. The second kappa shape index (κ2) is 29.0. The fraction of sp³-hybridized carbons (Fsp3) is 1.00. The molecule has 0 radical (unpaired) electrons. The van der Waals surface area contributed by atoms with Gasteiger partial charge in [0.2, 0.25) is 0 Å². The summed E-state index contributed by atoms with van der Waals surface area (Å²) in [5.74, 6) is 0. The van der Waals surface area contributed by atoms with Crippen LogP contribution >= 0.6 is 0 Å². The number of nitrogens with one attached hydrogen (secondary N) is 1. The van der Waals surface area contributed by atoms with E-state index in [9.17, 15) is 0 Å². The SMILES string of the molecule is NCCNCCN(CCCCN(CCN(CCN)CCN)CCN(CCN)CCN)CCN(CCN)CCN. The Hall–Kier alpha value is -0.520. The minimum absolute atomic E-state index is 0.657. The summed E-state index contributed by atoms with van der Waals surface area (Å²) >= 11 is 0. The molecule has 0 saturated heterocycles. The lowest BCUT2D eigenvalue weighted by Gasteiger charge is -2.30. The molecule has 15 N–H and O–H groups in total. The van der Waals surface area contributed by atoms with Crippen LogP contribution in [0.5, 0.6) is 0 Å². The molecule has 13 nitrogen and oxygen atoms in total. The number of unbranched alkanes of at least 4 members (excludes halogenated alkanes) is 1. The molecule has 0 spiro atoms. The van der Waals surface area contributed by atoms with Crippen LogP contribution in [0.25, 0.3) is 0 Å². The fourth-order valence-electron chi connectivity index (χ4n) is 4.76. The molecule has 0 fully saturated rings. The molecule has 0 atom stereocenters. The molecule has 0 heterocycles. The Balaban J connectivity index is 4.92. The van der Waals surface area contributed by atoms with Gasteiger partial charge in [0.1, 0.15) is 0 Å². The molecule has 0 aromatic heterocycles. The third-order valence-corrected chi connectivity index (χ3v) is 6.99. The van der Waals surface area contributed by atoms with Gasteiger partial charge in [0.25, 0.3) is 0 Å². The predicted octanol–water partition coefficient (Wildman–Crippen LogP) is -4.42. The first-order chi connectivity index (χ1) is 19.1. The molecule has 0 rings (SSSR count). The predicted molar refractivity (Wildman–Crippen MR) is 168 cm³/mol. The minimum atomic E-state index is 0.657. The lowest BCUT2D eigenvalue weighted by Crippen LogP contribution is -2.44. The Labute approximate surface area is 240 Å². The van der Waals surface area contributed by atoms with E-state index in [-0.39, 0.29) is 0 Å². The lowest BCUT2D eigenvalue weighted by molar-refractivity contribution is 0.173. The first-order valence-corrected chi connectivity index (χ1v) is 15.3. The van der Waals surface area contributed by atoms with Gasteiger partial charge in [-0.3, -0.25) is 14.7 Å². The zero-order chi connectivity index (χ0) is 29.0. The molecule has 0 aliphatic heterocycles. The average molecular weight is 562 g/mol. The topological polar surface area (TPSA) is 210 Å². The van der Waals surface area contributed by atoms with Crippen LogP contribution in [0.4, 0.5) is 0 Å². The zero-order valence-corrected chi connectivity index (χ0v) is 25.2. The maximum atomic E-state index is 5.83. The molecule has 0 aromatic carbocycles. The van der Waals surface area contributed by atoms with Crippen LogP contribution < -0.4 is 45.5 Å². The number of nitrogens with two attached hydrogens (primary N) is 7. The van der Waals surface area contributed by atoms with Crippen LogP contribution in [-0.4, -0.2) is 182 Å². The van der Waals surface area contributed by atoms with Gasteiger partial charge in [-0.2, -0.15) is 0 Å². The van der Waals surface area contributed by atoms with Gasteiger partial charge in [0.05, 0.1) is 0 Å². The van der Waals surface area contributed by atoms with Gasteiger partial charge >= 0.3 is 0 Å². The van der Waals surface area contributed by atoms with Crippen LogP contribution in [0, 0.1) is 0 Å². The zero-order valence-electron chi connectivity index (χ0n) is 25.2. The van der Waals surface area contributed by atoms with Crippen molar-refractivity contribution in [1.29, 1.82) is 0 Å². The van der Waals surface area contributed by atoms with Crippen LogP contribution in [-0.2, 0) is 0 Å². The van der Waals surface area contributed by atoms with Gasteiger partial charge in [0.15, 0.2) is 0 Å². The molecule has 0 amide bonds. The monoisotopic (exact) mass is 562 g/mol. The van der Waals surface area contributed by atoms with Crippen molar-refractivity contribution in [2.75, 3.05) is 157 Å². The van der Waals surface area contributed by atoms with Crippen molar-refractivity contribution in [3.63, 3.8) is 0 Å². The van der Waals surface area contributed by atoms with Crippen LogP contribution in [0.3, 0.4) is 0 Å². The van der Waals surface area contributed by atoms with Crippen LogP contribution in [0.15, 0.2) is 0 Å². The third kappa shape index (κ3) is 22.8. The first-order valence-electron chi connectivity index (χ1n) is 15.3. The maximum absolute atomic E-state index is 5.83. The summed E-state index contributed by atoms with van der Waals surface area (Å²) < 4.78 is 0. The second-order valence-corrected chi connectivity index (χ2v) is 10.2. The lowest BCUT2D eigenvalue weighted by atomic mass is 10.2. The van der Waals surface area contributed by atoms with E-state index in [1.165, 1.54) is 0 Å². The summed E-state index contributed by atoms with van der Waals surface area (Å²) in [6.45, 7) is 20.9. The molecule has 39 heavy (non-hydrogen) atoms. The molecule has 0 unspecified atom stereocenters. The van der Waals surface area contributed by atoms with Gasteiger partial charge in [-0.15, -0.1) is 0 Å². The highest BCUT2D eigenvalue weighted by Crippen LogP contribution is 2.02. The molecule has 0 saturated carbocycles. The summed E-state index contributed by atoms with van der Waals surface area (Å²) in [5.41, 5.74) is 40.6. The van der Waals surface area contributed by atoms with Crippen molar-refractivity contribution in [2.45, 2.75) is 12.8 Å². The van der Waals surface area contributed by atoms with Crippen molar-refractivity contribution in [2.24, 2.45) is 40.1 Å². The third-order valence-electron chi connectivity index (χ3n) is 6.99. The Kier molecular flexibility index (Phi) is 28.6.